The molecule has 4 heteroatoms. The molecule has 0 aliphatic carbocycles. The zero-order chi connectivity index (χ0) is 12.0. The summed E-state index contributed by atoms with van der Waals surface area (Å²) in [6.07, 6.45) is 1.72. The third kappa shape index (κ3) is 3.38. The lowest BCUT2D eigenvalue weighted by Gasteiger charge is -2.20. The van der Waals surface area contributed by atoms with Crippen LogP contribution in [0.1, 0.15) is 13.8 Å². The van der Waals surface area contributed by atoms with Crippen LogP contribution in [0.15, 0.2) is 18.3 Å². The van der Waals surface area contributed by atoms with E-state index >= 15 is 0 Å². The molecule has 1 atom stereocenters. The number of nitrogens with one attached hydrogen (secondary N) is 1. The van der Waals surface area contributed by atoms with E-state index in [1.54, 1.807) is 13.3 Å². The van der Waals surface area contributed by atoms with Gasteiger partial charge in [-0.1, -0.05) is 13.8 Å². The fourth-order valence-corrected chi connectivity index (χ4v) is 1.52. The molecule has 0 spiro atoms. The van der Waals surface area contributed by atoms with Crippen LogP contribution in [0, 0.1) is 11.8 Å². The summed E-state index contributed by atoms with van der Waals surface area (Å²) >= 11 is 0. The number of rotatable bonds is 6. The first-order valence-electron chi connectivity index (χ1n) is 5.62. The number of hydrogen-bond acceptors (Lipinski definition) is 4. The molecular weight excluding hydrogens is 202 g/mol. The number of hydrogen-bond donors (Lipinski definition) is 2. The van der Waals surface area contributed by atoms with Crippen molar-refractivity contribution in [3.63, 3.8) is 0 Å². The Kier molecular flexibility index (Phi) is 5.05. The maximum absolute atomic E-state index is 5.72. The van der Waals surface area contributed by atoms with Crippen molar-refractivity contribution >= 4 is 5.69 Å². The largest absolute Gasteiger partial charge is 0.480 e. The molecule has 0 aliphatic heterocycles. The van der Waals surface area contributed by atoms with E-state index < -0.39 is 0 Å². The monoisotopic (exact) mass is 223 g/mol. The molecule has 1 rings (SSSR count). The van der Waals surface area contributed by atoms with E-state index in [4.69, 9.17) is 10.5 Å². The highest BCUT2D eigenvalue weighted by atomic mass is 16.5. The van der Waals surface area contributed by atoms with Gasteiger partial charge in [0.2, 0.25) is 5.88 Å². The molecule has 1 aromatic heterocycles. The molecule has 90 valence electrons. The normalized spacial score (nSPS) is 12.6. The van der Waals surface area contributed by atoms with E-state index in [-0.39, 0.29) is 0 Å². The molecule has 0 saturated heterocycles. The smallest absolute Gasteiger partial charge is 0.237 e. The van der Waals surface area contributed by atoms with E-state index in [1.807, 2.05) is 12.1 Å². The zero-order valence-electron chi connectivity index (χ0n) is 10.2. The van der Waals surface area contributed by atoms with Gasteiger partial charge in [-0.3, -0.25) is 0 Å². The SMILES string of the molecule is COc1ncccc1NCC(CN)C(C)C. The lowest BCUT2D eigenvalue weighted by molar-refractivity contribution is 0.395. The van der Waals surface area contributed by atoms with E-state index in [9.17, 15) is 0 Å². The van der Waals surface area contributed by atoms with Gasteiger partial charge >= 0.3 is 0 Å². The van der Waals surface area contributed by atoms with Crippen molar-refractivity contribution in [3.05, 3.63) is 18.3 Å². The minimum absolute atomic E-state index is 0.463. The average molecular weight is 223 g/mol. The van der Waals surface area contributed by atoms with E-state index in [1.165, 1.54) is 0 Å². The Morgan fingerprint density at radius 2 is 2.25 bits per heavy atom. The molecule has 0 amide bonds. The van der Waals surface area contributed by atoms with Crippen molar-refractivity contribution < 1.29 is 4.74 Å². The molecule has 0 radical (unpaired) electrons. The van der Waals surface area contributed by atoms with Gasteiger partial charge in [0.25, 0.3) is 0 Å². The molecular formula is C12H21N3O. The zero-order valence-corrected chi connectivity index (χ0v) is 10.2. The Bertz CT molecular complexity index is 315. The van der Waals surface area contributed by atoms with Crippen LogP contribution in [0.2, 0.25) is 0 Å². The van der Waals surface area contributed by atoms with Gasteiger partial charge < -0.3 is 15.8 Å². The highest BCUT2D eigenvalue weighted by Gasteiger charge is 2.12. The number of anilines is 1. The van der Waals surface area contributed by atoms with Crippen LogP contribution in [-0.4, -0.2) is 25.2 Å². The van der Waals surface area contributed by atoms with Crippen LogP contribution in [0.3, 0.4) is 0 Å². The van der Waals surface area contributed by atoms with Crippen molar-refractivity contribution in [2.45, 2.75) is 13.8 Å². The Labute approximate surface area is 97.2 Å². The van der Waals surface area contributed by atoms with Gasteiger partial charge in [-0.05, 0) is 30.5 Å². The van der Waals surface area contributed by atoms with Crippen LogP contribution in [-0.2, 0) is 0 Å². The van der Waals surface area contributed by atoms with Gasteiger partial charge in [-0.25, -0.2) is 4.98 Å². The molecule has 1 unspecified atom stereocenters. The quantitative estimate of drug-likeness (QED) is 0.771. The third-order valence-corrected chi connectivity index (χ3v) is 2.76. The second kappa shape index (κ2) is 6.33. The van der Waals surface area contributed by atoms with E-state index in [0.717, 1.165) is 12.2 Å². The summed E-state index contributed by atoms with van der Waals surface area (Å²) in [6.45, 7) is 5.89. The molecule has 0 aromatic carbocycles. The summed E-state index contributed by atoms with van der Waals surface area (Å²) in [5.41, 5.74) is 6.64. The van der Waals surface area contributed by atoms with Crippen LogP contribution in [0.5, 0.6) is 5.88 Å². The van der Waals surface area contributed by atoms with Crippen LogP contribution in [0.25, 0.3) is 0 Å². The van der Waals surface area contributed by atoms with Crippen molar-refractivity contribution in [3.8, 4) is 5.88 Å². The minimum Gasteiger partial charge on any atom is -0.480 e. The highest BCUT2D eigenvalue weighted by Crippen LogP contribution is 2.20. The Hall–Kier alpha value is -1.29. The molecule has 3 N–H and O–H groups in total. The first kappa shape index (κ1) is 12.8. The fourth-order valence-electron chi connectivity index (χ4n) is 1.52. The number of pyridine rings is 1. The number of methoxy groups -OCH3 is 1. The summed E-state index contributed by atoms with van der Waals surface area (Å²) in [5, 5.41) is 3.33. The fraction of sp³-hybridized carbons (Fsp3) is 0.583. The van der Waals surface area contributed by atoms with E-state index in [2.05, 4.69) is 24.1 Å². The Morgan fingerprint density at radius 3 is 2.81 bits per heavy atom. The van der Waals surface area contributed by atoms with Crippen molar-refractivity contribution in [1.29, 1.82) is 0 Å². The molecule has 0 fully saturated rings. The highest BCUT2D eigenvalue weighted by molar-refractivity contribution is 5.51. The first-order valence-corrected chi connectivity index (χ1v) is 5.62. The molecule has 4 nitrogen and oxygen atoms in total. The molecule has 0 saturated carbocycles. The lowest BCUT2D eigenvalue weighted by atomic mass is 9.96. The van der Waals surface area contributed by atoms with Gasteiger partial charge in [0.05, 0.1) is 12.8 Å². The maximum Gasteiger partial charge on any atom is 0.237 e. The van der Waals surface area contributed by atoms with Crippen LogP contribution in [0.4, 0.5) is 5.69 Å². The van der Waals surface area contributed by atoms with Crippen LogP contribution >= 0.6 is 0 Å². The van der Waals surface area contributed by atoms with Gasteiger partial charge in [0.15, 0.2) is 0 Å². The summed E-state index contributed by atoms with van der Waals surface area (Å²) < 4.78 is 5.17. The summed E-state index contributed by atoms with van der Waals surface area (Å²) in [7, 11) is 1.62. The van der Waals surface area contributed by atoms with Gasteiger partial charge in [-0.2, -0.15) is 0 Å². The maximum atomic E-state index is 5.72. The number of nitrogens with two attached hydrogens (primary N) is 1. The van der Waals surface area contributed by atoms with Gasteiger partial charge in [-0.15, -0.1) is 0 Å². The standard InChI is InChI=1S/C12H21N3O/c1-9(2)10(7-13)8-15-11-5-4-6-14-12(11)16-3/h4-6,9-10,15H,7-8,13H2,1-3H3. The number of aromatic nitrogens is 1. The summed E-state index contributed by atoms with van der Waals surface area (Å²) in [4.78, 5) is 4.13. The second-order valence-corrected chi connectivity index (χ2v) is 4.18. The summed E-state index contributed by atoms with van der Waals surface area (Å²) in [6, 6.07) is 3.84. The minimum atomic E-state index is 0.463. The predicted molar refractivity (Wildman–Crippen MR) is 66.7 cm³/mol. The topological polar surface area (TPSA) is 60.2 Å². The third-order valence-electron chi connectivity index (χ3n) is 2.76. The number of nitrogens with zero attached hydrogens (tertiary/aromatic N) is 1. The van der Waals surface area contributed by atoms with Crippen molar-refractivity contribution in [2.24, 2.45) is 17.6 Å². The molecule has 0 bridgehead atoms. The average Bonchev–Trinajstić information content (AvgIpc) is 2.30. The predicted octanol–water partition coefficient (Wildman–Crippen LogP) is 1.73. The molecule has 16 heavy (non-hydrogen) atoms. The van der Waals surface area contributed by atoms with E-state index in [0.29, 0.717) is 24.3 Å². The molecule has 0 aliphatic rings. The number of ether oxygens (including phenoxy) is 1. The van der Waals surface area contributed by atoms with Gasteiger partial charge in [0.1, 0.15) is 0 Å². The molecule has 1 heterocycles. The van der Waals surface area contributed by atoms with Gasteiger partial charge in [0, 0.05) is 12.7 Å². The first-order chi connectivity index (χ1) is 7.69. The lowest BCUT2D eigenvalue weighted by Crippen LogP contribution is -2.27. The van der Waals surface area contributed by atoms with Crippen molar-refractivity contribution in [2.75, 3.05) is 25.5 Å². The Morgan fingerprint density at radius 1 is 1.50 bits per heavy atom. The van der Waals surface area contributed by atoms with Crippen LogP contribution < -0.4 is 15.8 Å². The second-order valence-electron chi connectivity index (χ2n) is 4.18. The molecule has 1 aromatic rings. The van der Waals surface area contributed by atoms with Crippen molar-refractivity contribution in [1.82, 2.24) is 4.98 Å². The Balaban J connectivity index is 2.59. The summed E-state index contributed by atoms with van der Waals surface area (Å²) in [5.74, 6) is 1.66.